The van der Waals surface area contributed by atoms with Gasteiger partial charge in [-0.15, -0.1) is 0 Å². The van der Waals surface area contributed by atoms with Crippen molar-refractivity contribution in [1.82, 2.24) is 25.2 Å². The highest BCUT2D eigenvalue weighted by Gasteiger charge is 2.23. The Morgan fingerprint density at radius 1 is 1.16 bits per heavy atom. The molecule has 0 saturated heterocycles. The maximum atomic E-state index is 12.9. The summed E-state index contributed by atoms with van der Waals surface area (Å²) in [6.45, 7) is 2.29. The number of pyridine rings is 1. The lowest BCUT2D eigenvalue weighted by Crippen LogP contribution is -2.35. The Bertz CT molecular complexity index is 1190. The minimum Gasteiger partial charge on any atom is -0.352 e. The predicted octanol–water partition coefficient (Wildman–Crippen LogP) is 3.17. The van der Waals surface area contributed by atoms with Crippen molar-refractivity contribution in [2.24, 2.45) is 0 Å². The van der Waals surface area contributed by atoms with Gasteiger partial charge in [0.25, 0.3) is 11.8 Å². The number of amides is 2. The van der Waals surface area contributed by atoms with Crippen LogP contribution in [0.5, 0.6) is 0 Å². The first-order chi connectivity index (χ1) is 15.0. The van der Waals surface area contributed by atoms with E-state index in [-0.39, 0.29) is 23.7 Å². The zero-order valence-electron chi connectivity index (χ0n) is 17.2. The molecule has 0 radical (unpaired) electrons. The van der Waals surface area contributed by atoms with E-state index in [0.29, 0.717) is 17.4 Å². The van der Waals surface area contributed by atoms with Crippen molar-refractivity contribution in [3.05, 3.63) is 62.8 Å². The van der Waals surface area contributed by atoms with Gasteiger partial charge in [-0.1, -0.05) is 24.4 Å². The van der Waals surface area contributed by atoms with Gasteiger partial charge in [0.15, 0.2) is 0 Å². The van der Waals surface area contributed by atoms with Gasteiger partial charge in [0, 0.05) is 30.0 Å². The molecule has 0 atom stereocenters. The summed E-state index contributed by atoms with van der Waals surface area (Å²) < 4.78 is 1.84. The lowest BCUT2D eigenvalue weighted by molar-refractivity contribution is 0.0947. The third-order valence-corrected chi connectivity index (χ3v) is 5.76. The van der Waals surface area contributed by atoms with Gasteiger partial charge in [0.1, 0.15) is 17.0 Å². The number of benzene rings is 1. The first-order valence-electron chi connectivity index (χ1n) is 10.4. The van der Waals surface area contributed by atoms with Crippen molar-refractivity contribution in [2.45, 2.75) is 45.2 Å². The van der Waals surface area contributed by atoms with Gasteiger partial charge in [-0.05, 0) is 38.0 Å². The molecule has 3 aromatic rings. The predicted molar refractivity (Wildman–Crippen MR) is 118 cm³/mol. The lowest BCUT2D eigenvalue weighted by atomic mass is 10.1. The molecule has 162 valence electrons. The summed E-state index contributed by atoms with van der Waals surface area (Å²) in [5.41, 5.74) is 0.859. The fourth-order valence-corrected chi connectivity index (χ4v) is 4.14. The molecule has 2 heterocycles. The van der Waals surface area contributed by atoms with Crippen LogP contribution in [0.3, 0.4) is 0 Å². The fraction of sp³-hybridized carbons (Fsp3) is 0.364. The Morgan fingerprint density at radius 3 is 2.52 bits per heavy atom. The molecule has 4 rings (SSSR count). The van der Waals surface area contributed by atoms with Crippen molar-refractivity contribution in [1.29, 1.82) is 0 Å². The van der Waals surface area contributed by atoms with E-state index >= 15 is 0 Å². The second kappa shape index (κ2) is 8.93. The first-order valence-corrected chi connectivity index (χ1v) is 10.8. The van der Waals surface area contributed by atoms with E-state index in [9.17, 15) is 14.4 Å². The van der Waals surface area contributed by atoms with Crippen LogP contribution in [0.15, 0.2) is 35.4 Å². The average molecular weight is 442 g/mol. The number of rotatable bonds is 6. The molecule has 8 nitrogen and oxygen atoms in total. The van der Waals surface area contributed by atoms with Crippen LogP contribution in [0.2, 0.25) is 5.02 Å². The summed E-state index contributed by atoms with van der Waals surface area (Å²) in [6.07, 6.45) is 7.23. The van der Waals surface area contributed by atoms with Crippen molar-refractivity contribution in [3.63, 3.8) is 0 Å². The quantitative estimate of drug-likeness (QED) is 0.545. The standard InChI is InChI=1S/C22H24ClN5O3/c1-2-24-21(30)15-11-28(14-5-3-4-6-14)12-16(20(15)29)22(31)25-10-19-26-17-8-7-13(23)9-18(17)27-19/h7-9,11-12,14H,2-6,10H2,1H3,(H,24,30)(H,25,31)(H,26,27). The first kappa shape index (κ1) is 21.1. The Balaban J connectivity index is 1.60. The molecule has 2 aromatic heterocycles. The van der Waals surface area contributed by atoms with Gasteiger partial charge in [-0.2, -0.15) is 0 Å². The molecule has 1 aliphatic carbocycles. The maximum Gasteiger partial charge on any atom is 0.257 e. The summed E-state index contributed by atoms with van der Waals surface area (Å²) in [5.74, 6) is -0.467. The van der Waals surface area contributed by atoms with Crippen LogP contribution >= 0.6 is 11.6 Å². The number of carbonyl (C=O) groups excluding carboxylic acids is 2. The number of aromatic amines is 1. The van der Waals surface area contributed by atoms with Crippen molar-refractivity contribution in [3.8, 4) is 0 Å². The summed E-state index contributed by atoms with van der Waals surface area (Å²) in [5, 5.41) is 5.98. The molecular formula is C22H24ClN5O3. The molecule has 2 amide bonds. The third kappa shape index (κ3) is 4.49. The van der Waals surface area contributed by atoms with Gasteiger partial charge in [0.2, 0.25) is 5.43 Å². The Hall–Kier alpha value is -3.13. The Morgan fingerprint density at radius 2 is 1.84 bits per heavy atom. The Kier molecular flexibility index (Phi) is 6.08. The molecule has 9 heteroatoms. The number of fused-ring (bicyclic) bond motifs is 1. The number of nitrogens with zero attached hydrogens (tertiary/aromatic N) is 2. The van der Waals surface area contributed by atoms with Crippen LogP contribution in [0.1, 0.15) is 65.2 Å². The highest BCUT2D eigenvalue weighted by atomic mass is 35.5. The van der Waals surface area contributed by atoms with Crippen LogP contribution in [-0.2, 0) is 6.54 Å². The van der Waals surface area contributed by atoms with Gasteiger partial charge < -0.3 is 20.2 Å². The molecule has 3 N–H and O–H groups in total. The van der Waals surface area contributed by atoms with E-state index in [1.165, 1.54) is 0 Å². The highest BCUT2D eigenvalue weighted by molar-refractivity contribution is 6.31. The molecular weight excluding hydrogens is 418 g/mol. The molecule has 1 saturated carbocycles. The monoisotopic (exact) mass is 441 g/mol. The summed E-state index contributed by atoms with van der Waals surface area (Å²) in [4.78, 5) is 45.7. The molecule has 1 fully saturated rings. The third-order valence-electron chi connectivity index (χ3n) is 5.53. The number of H-pyrrole nitrogens is 1. The second-order valence-corrected chi connectivity index (χ2v) is 8.12. The smallest absolute Gasteiger partial charge is 0.257 e. The van der Waals surface area contributed by atoms with Crippen molar-refractivity contribution in [2.75, 3.05) is 6.54 Å². The fourth-order valence-electron chi connectivity index (χ4n) is 3.97. The number of hydrogen-bond donors (Lipinski definition) is 3. The number of carbonyl (C=O) groups is 2. The van der Waals surface area contributed by atoms with Crippen LogP contribution in [-0.4, -0.2) is 32.9 Å². The number of hydrogen-bond acceptors (Lipinski definition) is 4. The van der Waals surface area contributed by atoms with E-state index in [1.807, 2.05) is 4.57 Å². The largest absolute Gasteiger partial charge is 0.352 e. The normalized spacial score (nSPS) is 14.1. The zero-order valence-corrected chi connectivity index (χ0v) is 18.0. The van der Waals surface area contributed by atoms with Crippen LogP contribution in [0.25, 0.3) is 11.0 Å². The average Bonchev–Trinajstić information content (AvgIpc) is 3.42. The molecule has 1 aliphatic rings. The van der Waals surface area contributed by atoms with E-state index in [0.717, 1.165) is 36.7 Å². The molecule has 0 spiro atoms. The minimum atomic E-state index is -0.575. The minimum absolute atomic E-state index is 0.0141. The van der Waals surface area contributed by atoms with E-state index < -0.39 is 17.2 Å². The van der Waals surface area contributed by atoms with E-state index in [4.69, 9.17) is 11.6 Å². The number of halogens is 1. The molecule has 31 heavy (non-hydrogen) atoms. The number of nitrogens with one attached hydrogen (secondary N) is 3. The SMILES string of the molecule is CCNC(=O)c1cn(C2CCCC2)cc(C(=O)NCc2nc3ccc(Cl)cc3[nH]2)c1=O. The zero-order chi connectivity index (χ0) is 22.0. The summed E-state index contributed by atoms with van der Waals surface area (Å²) in [7, 11) is 0. The molecule has 1 aromatic carbocycles. The topological polar surface area (TPSA) is 109 Å². The highest BCUT2D eigenvalue weighted by Crippen LogP contribution is 2.29. The molecule has 0 aliphatic heterocycles. The summed E-state index contributed by atoms with van der Waals surface area (Å²) in [6, 6.07) is 5.46. The maximum absolute atomic E-state index is 12.9. The van der Waals surface area contributed by atoms with E-state index in [2.05, 4.69) is 20.6 Å². The van der Waals surface area contributed by atoms with Crippen LogP contribution < -0.4 is 16.1 Å². The number of imidazole rings is 1. The van der Waals surface area contributed by atoms with Crippen LogP contribution in [0.4, 0.5) is 0 Å². The van der Waals surface area contributed by atoms with Gasteiger partial charge in [0.05, 0.1) is 17.6 Å². The number of aromatic nitrogens is 3. The van der Waals surface area contributed by atoms with E-state index in [1.54, 1.807) is 37.5 Å². The second-order valence-electron chi connectivity index (χ2n) is 7.69. The Labute approximate surface area is 184 Å². The van der Waals surface area contributed by atoms with Crippen molar-refractivity contribution >= 4 is 34.4 Å². The van der Waals surface area contributed by atoms with Gasteiger partial charge >= 0.3 is 0 Å². The lowest BCUT2D eigenvalue weighted by Gasteiger charge is -2.17. The molecule has 0 bridgehead atoms. The van der Waals surface area contributed by atoms with Gasteiger partial charge in [-0.3, -0.25) is 14.4 Å². The molecule has 0 unspecified atom stereocenters. The van der Waals surface area contributed by atoms with Gasteiger partial charge in [-0.25, -0.2) is 4.98 Å². The van der Waals surface area contributed by atoms with Crippen LogP contribution in [0, 0.1) is 0 Å². The van der Waals surface area contributed by atoms with Crippen molar-refractivity contribution < 1.29 is 9.59 Å². The summed E-state index contributed by atoms with van der Waals surface area (Å²) >= 11 is 6.00.